The number of carbonyl (C=O) groups is 4. The standard InChI is InChI=1S/C23H24N2O5/c1-3-19(21(27)16-9-5-4-6-10-16)30-23(29)18-13-20(26)25(14-18)24-22(28)17-11-7-8-15(2)12-17/h4-12,18-19H,3,13-14H2,1-2H3,(H,24,28)/t18-,19+/m0/s1. The fourth-order valence-corrected chi connectivity index (χ4v) is 3.29. The summed E-state index contributed by atoms with van der Waals surface area (Å²) in [7, 11) is 0. The fraction of sp³-hybridized carbons (Fsp3) is 0.304. The number of esters is 1. The Labute approximate surface area is 175 Å². The van der Waals surface area contributed by atoms with Crippen LogP contribution in [-0.4, -0.2) is 41.2 Å². The smallest absolute Gasteiger partial charge is 0.312 e. The molecule has 0 saturated carbocycles. The molecule has 1 aliphatic heterocycles. The number of hydrogen-bond acceptors (Lipinski definition) is 5. The maximum atomic E-state index is 12.6. The third-order valence-corrected chi connectivity index (χ3v) is 4.96. The molecule has 3 rings (SSSR count). The van der Waals surface area contributed by atoms with Crippen molar-refractivity contribution in [2.45, 2.75) is 32.8 Å². The molecule has 156 valence electrons. The Hall–Kier alpha value is -3.48. The van der Waals surface area contributed by atoms with Gasteiger partial charge in [0.25, 0.3) is 5.91 Å². The molecule has 0 radical (unpaired) electrons. The molecule has 0 spiro atoms. The second kappa shape index (κ2) is 9.35. The molecule has 1 aliphatic rings. The van der Waals surface area contributed by atoms with E-state index in [0.29, 0.717) is 17.5 Å². The number of benzene rings is 2. The van der Waals surface area contributed by atoms with Crippen LogP contribution in [0.25, 0.3) is 0 Å². The zero-order chi connectivity index (χ0) is 21.7. The molecule has 30 heavy (non-hydrogen) atoms. The van der Waals surface area contributed by atoms with E-state index < -0.39 is 23.9 Å². The van der Waals surface area contributed by atoms with Crippen LogP contribution in [0, 0.1) is 12.8 Å². The first kappa shape index (κ1) is 21.2. The number of hydrogen-bond donors (Lipinski definition) is 1. The number of ether oxygens (including phenoxy) is 1. The Morgan fingerprint density at radius 1 is 1.10 bits per heavy atom. The molecule has 2 amide bonds. The van der Waals surface area contributed by atoms with E-state index >= 15 is 0 Å². The minimum atomic E-state index is -0.911. The predicted octanol–water partition coefficient (Wildman–Crippen LogP) is 2.69. The highest BCUT2D eigenvalue weighted by atomic mass is 16.5. The number of nitrogens with zero attached hydrogens (tertiary/aromatic N) is 1. The third kappa shape index (κ3) is 4.92. The van der Waals surface area contributed by atoms with Crippen LogP contribution < -0.4 is 5.43 Å². The van der Waals surface area contributed by atoms with E-state index in [1.165, 1.54) is 0 Å². The number of hydrazine groups is 1. The predicted molar refractivity (Wildman–Crippen MR) is 109 cm³/mol. The quantitative estimate of drug-likeness (QED) is 0.562. The van der Waals surface area contributed by atoms with Gasteiger partial charge < -0.3 is 4.74 Å². The summed E-state index contributed by atoms with van der Waals surface area (Å²) >= 11 is 0. The summed E-state index contributed by atoms with van der Waals surface area (Å²) < 4.78 is 5.42. The Kier molecular flexibility index (Phi) is 6.61. The number of ketones is 1. The van der Waals surface area contributed by atoms with Crippen LogP contribution in [0.1, 0.15) is 46.0 Å². The largest absolute Gasteiger partial charge is 0.454 e. The first-order valence-corrected chi connectivity index (χ1v) is 9.86. The van der Waals surface area contributed by atoms with Crippen molar-refractivity contribution in [2.24, 2.45) is 5.92 Å². The summed E-state index contributed by atoms with van der Waals surface area (Å²) in [6.07, 6.45) is -0.664. The number of amides is 2. The van der Waals surface area contributed by atoms with Gasteiger partial charge >= 0.3 is 5.97 Å². The number of rotatable bonds is 7. The van der Waals surface area contributed by atoms with Crippen LogP contribution in [0.4, 0.5) is 0 Å². The molecule has 1 saturated heterocycles. The third-order valence-electron chi connectivity index (χ3n) is 4.96. The second-order valence-corrected chi connectivity index (χ2v) is 7.28. The van der Waals surface area contributed by atoms with E-state index in [4.69, 9.17) is 4.74 Å². The molecule has 1 N–H and O–H groups in total. The van der Waals surface area contributed by atoms with E-state index in [-0.39, 0.29) is 24.7 Å². The highest BCUT2D eigenvalue weighted by molar-refractivity contribution is 6.01. The fourth-order valence-electron chi connectivity index (χ4n) is 3.29. The van der Waals surface area contributed by atoms with Gasteiger partial charge in [0.05, 0.1) is 12.5 Å². The van der Waals surface area contributed by atoms with Gasteiger partial charge in [-0.25, -0.2) is 0 Å². The number of aryl methyl sites for hydroxylation is 1. The average Bonchev–Trinajstić information content (AvgIpc) is 3.12. The van der Waals surface area contributed by atoms with E-state index in [0.717, 1.165) is 10.6 Å². The molecule has 1 heterocycles. The number of carbonyl (C=O) groups excluding carboxylic acids is 4. The first-order valence-electron chi connectivity index (χ1n) is 9.86. The van der Waals surface area contributed by atoms with Crippen molar-refractivity contribution in [3.8, 4) is 0 Å². The van der Waals surface area contributed by atoms with Gasteiger partial charge in [0.15, 0.2) is 6.10 Å². The van der Waals surface area contributed by atoms with Gasteiger partial charge in [-0.2, -0.15) is 0 Å². The van der Waals surface area contributed by atoms with Crippen LogP contribution in [0.5, 0.6) is 0 Å². The molecule has 1 fully saturated rings. The molecule has 7 nitrogen and oxygen atoms in total. The van der Waals surface area contributed by atoms with Crippen molar-refractivity contribution >= 4 is 23.6 Å². The van der Waals surface area contributed by atoms with Gasteiger partial charge in [0, 0.05) is 17.5 Å². The van der Waals surface area contributed by atoms with E-state index in [1.807, 2.05) is 13.0 Å². The van der Waals surface area contributed by atoms with Crippen LogP contribution in [-0.2, 0) is 14.3 Å². The lowest BCUT2D eigenvalue weighted by Crippen LogP contribution is -2.43. The Balaban J connectivity index is 1.60. The minimum Gasteiger partial charge on any atom is -0.454 e. The topological polar surface area (TPSA) is 92.8 Å². The highest BCUT2D eigenvalue weighted by Gasteiger charge is 2.38. The molecule has 0 unspecified atom stereocenters. The van der Waals surface area contributed by atoms with Crippen molar-refractivity contribution in [3.63, 3.8) is 0 Å². The average molecular weight is 408 g/mol. The normalized spacial score (nSPS) is 16.8. The monoisotopic (exact) mass is 408 g/mol. The molecule has 0 aliphatic carbocycles. The van der Waals surface area contributed by atoms with Gasteiger partial charge in [-0.1, -0.05) is 55.0 Å². The molecular formula is C23H24N2O5. The molecule has 7 heteroatoms. The van der Waals surface area contributed by atoms with E-state index in [1.54, 1.807) is 55.5 Å². The van der Waals surface area contributed by atoms with E-state index in [9.17, 15) is 19.2 Å². The molecule has 2 atom stereocenters. The van der Waals surface area contributed by atoms with Crippen LogP contribution in [0.3, 0.4) is 0 Å². The lowest BCUT2D eigenvalue weighted by molar-refractivity contribution is -0.151. The lowest BCUT2D eigenvalue weighted by Gasteiger charge is -2.19. The summed E-state index contributed by atoms with van der Waals surface area (Å²) in [6, 6.07) is 15.6. The summed E-state index contributed by atoms with van der Waals surface area (Å²) in [6.45, 7) is 3.63. The van der Waals surface area contributed by atoms with E-state index in [2.05, 4.69) is 5.43 Å². The van der Waals surface area contributed by atoms with Crippen molar-refractivity contribution < 1.29 is 23.9 Å². The minimum absolute atomic E-state index is 0.00514. The number of Topliss-reactive ketones (excluding diaryl/α,β-unsaturated/α-hetero) is 1. The van der Waals surface area contributed by atoms with Crippen molar-refractivity contribution in [3.05, 3.63) is 71.3 Å². The van der Waals surface area contributed by atoms with Crippen LogP contribution in [0.2, 0.25) is 0 Å². The van der Waals surface area contributed by atoms with Gasteiger partial charge in [0.1, 0.15) is 0 Å². The van der Waals surface area contributed by atoms with Crippen molar-refractivity contribution in [2.75, 3.05) is 6.54 Å². The molecule has 0 aromatic heterocycles. The summed E-state index contributed by atoms with van der Waals surface area (Å²) in [5.74, 6) is -2.44. The summed E-state index contributed by atoms with van der Waals surface area (Å²) in [4.78, 5) is 49.8. The zero-order valence-electron chi connectivity index (χ0n) is 17.0. The van der Waals surface area contributed by atoms with Crippen molar-refractivity contribution in [1.82, 2.24) is 10.4 Å². The van der Waals surface area contributed by atoms with Crippen molar-refractivity contribution in [1.29, 1.82) is 0 Å². The zero-order valence-corrected chi connectivity index (χ0v) is 17.0. The Bertz CT molecular complexity index is 957. The Morgan fingerprint density at radius 3 is 2.47 bits per heavy atom. The first-order chi connectivity index (χ1) is 14.4. The molecule has 2 aromatic rings. The SMILES string of the molecule is CC[C@@H](OC(=O)[C@H]1CC(=O)N(NC(=O)c2cccc(C)c2)C1)C(=O)c1ccccc1. The highest BCUT2D eigenvalue weighted by Crippen LogP contribution is 2.20. The summed E-state index contributed by atoms with van der Waals surface area (Å²) in [5.41, 5.74) is 4.35. The Morgan fingerprint density at radius 2 is 1.80 bits per heavy atom. The van der Waals surface area contributed by atoms with Gasteiger partial charge in [0.2, 0.25) is 11.7 Å². The van der Waals surface area contributed by atoms with Gasteiger partial charge in [-0.15, -0.1) is 0 Å². The van der Waals surface area contributed by atoms with Crippen LogP contribution in [0.15, 0.2) is 54.6 Å². The molecular weight excluding hydrogens is 384 g/mol. The van der Waals surface area contributed by atoms with Gasteiger partial charge in [-0.3, -0.25) is 29.6 Å². The van der Waals surface area contributed by atoms with Crippen LogP contribution >= 0.6 is 0 Å². The lowest BCUT2D eigenvalue weighted by atomic mass is 10.0. The number of nitrogens with one attached hydrogen (secondary N) is 1. The maximum Gasteiger partial charge on any atom is 0.312 e. The maximum absolute atomic E-state index is 12.6. The second-order valence-electron chi connectivity index (χ2n) is 7.28. The summed E-state index contributed by atoms with van der Waals surface area (Å²) in [5, 5.41) is 1.14. The molecule has 2 aromatic carbocycles. The molecule has 0 bridgehead atoms. The van der Waals surface area contributed by atoms with Gasteiger partial charge in [-0.05, 0) is 25.5 Å².